The maximum absolute atomic E-state index is 10.6. The number of hydrogen-bond acceptors (Lipinski definition) is 5. The minimum atomic E-state index is -1.04. The number of carboxylic acid groups (broad SMARTS) is 1. The molecular weight excluding hydrogens is 252 g/mol. The second kappa shape index (κ2) is 5.79. The fourth-order valence-electron chi connectivity index (χ4n) is 1.56. The van der Waals surface area contributed by atoms with Gasteiger partial charge in [-0.2, -0.15) is 0 Å². The number of nitrogens with one attached hydrogen (secondary N) is 1. The van der Waals surface area contributed by atoms with Crippen LogP contribution < -0.4 is 5.32 Å². The second-order valence-corrected chi connectivity index (χ2v) is 4.90. The van der Waals surface area contributed by atoms with Crippen molar-refractivity contribution in [2.45, 2.75) is 19.4 Å². The third-order valence-corrected chi connectivity index (χ3v) is 3.50. The van der Waals surface area contributed by atoms with Gasteiger partial charge in [0.05, 0.1) is 11.6 Å². The number of carbonyl (C=O) groups is 1. The number of carboxylic acids is 1. The van der Waals surface area contributed by atoms with Crippen LogP contribution in [-0.2, 0) is 6.54 Å². The van der Waals surface area contributed by atoms with E-state index in [1.54, 1.807) is 23.6 Å². The van der Waals surface area contributed by atoms with E-state index in [1.165, 1.54) is 6.07 Å². The smallest absolute Gasteiger partial charge is 0.371 e. The van der Waals surface area contributed by atoms with Crippen molar-refractivity contribution in [1.29, 1.82) is 0 Å². The molecule has 0 aromatic carbocycles. The number of rotatable bonds is 6. The van der Waals surface area contributed by atoms with E-state index in [4.69, 9.17) is 9.52 Å². The molecule has 0 amide bonds. The van der Waals surface area contributed by atoms with Gasteiger partial charge in [0.25, 0.3) is 0 Å². The van der Waals surface area contributed by atoms with Gasteiger partial charge in [0, 0.05) is 24.0 Å². The molecule has 0 saturated heterocycles. The van der Waals surface area contributed by atoms with Crippen LogP contribution in [0.25, 0.3) is 0 Å². The predicted molar refractivity (Wildman–Crippen MR) is 67.9 cm³/mol. The van der Waals surface area contributed by atoms with Gasteiger partial charge in [0.15, 0.2) is 0 Å². The molecule has 1 atom stereocenters. The van der Waals surface area contributed by atoms with Crippen molar-refractivity contribution in [3.8, 4) is 0 Å². The summed E-state index contributed by atoms with van der Waals surface area (Å²) in [4.78, 5) is 14.9. The monoisotopic (exact) mass is 266 g/mol. The van der Waals surface area contributed by atoms with Gasteiger partial charge in [-0.05, 0) is 12.1 Å². The Morgan fingerprint density at radius 2 is 2.44 bits per heavy atom. The average molecular weight is 266 g/mol. The Labute approximate surface area is 108 Å². The summed E-state index contributed by atoms with van der Waals surface area (Å²) in [6.07, 6.45) is 1.79. The molecule has 1 unspecified atom stereocenters. The lowest BCUT2D eigenvalue weighted by Gasteiger charge is -2.08. The minimum Gasteiger partial charge on any atom is -0.475 e. The fraction of sp³-hybridized carbons (Fsp3) is 0.333. The average Bonchev–Trinajstić information content (AvgIpc) is 3.00. The van der Waals surface area contributed by atoms with E-state index >= 15 is 0 Å². The van der Waals surface area contributed by atoms with E-state index in [0.717, 1.165) is 11.6 Å². The summed E-state index contributed by atoms with van der Waals surface area (Å²) in [6.45, 7) is 3.39. The Morgan fingerprint density at radius 1 is 1.61 bits per heavy atom. The zero-order chi connectivity index (χ0) is 13.0. The van der Waals surface area contributed by atoms with Crippen LogP contribution in [0.1, 0.15) is 34.2 Å². The Hall–Kier alpha value is -1.66. The molecule has 96 valence electrons. The van der Waals surface area contributed by atoms with Crippen molar-refractivity contribution in [2.24, 2.45) is 0 Å². The molecule has 0 saturated carbocycles. The van der Waals surface area contributed by atoms with E-state index in [-0.39, 0.29) is 5.76 Å². The normalized spacial score (nSPS) is 12.5. The van der Waals surface area contributed by atoms with Gasteiger partial charge < -0.3 is 14.8 Å². The molecule has 18 heavy (non-hydrogen) atoms. The molecule has 0 radical (unpaired) electrons. The van der Waals surface area contributed by atoms with E-state index < -0.39 is 5.97 Å². The molecule has 0 aliphatic rings. The molecule has 2 rings (SSSR count). The highest BCUT2D eigenvalue weighted by Gasteiger charge is 2.10. The third kappa shape index (κ3) is 3.18. The van der Waals surface area contributed by atoms with Crippen LogP contribution in [0.5, 0.6) is 0 Å². The van der Waals surface area contributed by atoms with Crippen molar-refractivity contribution in [3.63, 3.8) is 0 Å². The fourth-order valence-corrected chi connectivity index (χ4v) is 2.26. The van der Waals surface area contributed by atoms with Crippen molar-refractivity contribution in [2.75, 3.05) is 6.54 Å². The summed E-state index contributed by atoms with van der Waals surface area (Å²) in [7, 11) is 0. The lowest BCUT2D eigenvalue weighted by Crippen LogP contribution is -2.19. The summed E-state index contributed by atoms with van der Waals surface area (Å²) in [5.41, 5.74) is 0. The maximum atomic E-state index is 10.6. The third-order valence-electron chi connectivity index (χ3n) is 2.50. The largest absolute Gasteiger partial charge is 0.475 e. The molecule has 0 aliphatic carbocycles. The van der Waals surface area contributed by atoms with Gasteiger partial charge in [-0.15, -0.1) is 11.3 Å². The van der Waals surface area contributed by atoms with Crippen molar-refractivity contribution >= 4 is 17.3 Å². The highest BCUT2D eigenvalue weighted by molar-refractivity contribution is 7.09. The van der Waals surface area contributed by atoms with Crippen LogP contribution in [0.2, 0.25) is 0 Å². The van der Waals surface area contributed by atoms with E-state index in [2.05, 4.69) is 17.2 Å². The summed E-state index contributed by atoms with van der Waals surface area (Å²) in [5.74, 6) is -0.116. The quantitative estimate of drug-likeness (QED) is 0.839. The molecule has 5 nitrogen and oxygen atoms in total. The first-order chi connectivity index (χ1) is 8.66. The van der Waals surface area contributed by atoms with E-state index in [0.29, 0.717) is 18.2 Å². The Bertz CT molecular complexity index is 507. The van der Waals surface area contributed by atoms with Crippen LogP contribution in [0.3, 0.4) is 0 Å². The topological polar surface area (TPSA) is 75.4 Å². The summed E-state index contributed by atoms with van der Waals surface area (Å²) in [6, 6.07) is 3.13. The highest BCUT2D eigenvalue weighted by atomic mass is 32.1. The van der Waals surface area contributed by atoms with Crippen molar-refractivity contribution in [3.05, 3.63) is 40.2 Å². The number of hydrogen-bond donors (Lipinski definition) is 2. The molecular formula is C12H14N2O3S. The standard InChI is InChI=1S/C12H14N2O3S/c1-8(11-14-4-5-18-11)6-13-7-9-2-3-10(17-9)12(15)16/h2-5,8,13H,6-7H2,1H3,(H,15,16). The summed E-state index contributed by atoms with van der Waals surface area (Å²) in [5, 5.41) is 15.0. The van der Waals surface area contributed by atoms with Gasteiger partial charge in [-0.1, -0.05) is 6.92 Å². The van der Waals surface area contributed by atoms with Gasteiger partial charge >= 0.3 is 5.97 Å². The Morgan fingerprint density at radius 3 is 3.06 bits per heavy atom. The SMILES string of the molecule is CC(CNCc1ccc(C(=O)O)o1)c1nccs1. The molecule has 2 aromatic heterocycles. The molecule has 2 N–H and O–H groups in total. The van der Waals surface area contributed by atoms with Crippen LogP contribution in [-0.4, -0.2) is 22.6 Å². The number of furan rings is 1. The van der Waals surface area contributed by atoms with E-state index in [9.17, 15) is 4.79 Å². The molecule has 2 aromatic rings. The molecule has 0 spiro atoms. The van der Waals surface area contributed by atoms with Crippen molar-refractivity contribution in [1.82, 2.24) is 10.3 Å². The first-order valence-corrected chi connectivity index (χ1v) is 6.47. The first kappa shape index (κ1) is 12.8. The van der Waals surface area contributed by atoms with Gasteiger partial charge in [-0.25, -0.2) is 9.78 Å². The van der Waals surface area contributed by atoms with Crippen LogP contribution in [0.4, 0.5) is 0 Å². The lowest BCUT2D eigenvalue weighted by atomic mass is 10.2. The summed E-state index contributed by atoms with van der Waals surface area (Å²) < 4.78 is 5.14. The van der Waals surface area contributed by atoms with Gasteiger partial charge in [-0.3, -0.25) is 0 Å². The molecule has 0 aliphatic heterocycles. The summed E-state index contributed by atoms with van der Waals surface area (Å²) >= 11 is 1.63. The minimum absolute atomic E-state index is 0.0280. The number of nitrogens with zero attached hydrogens (tertiary/aromatic N) is 1. The Kier molecular flexibility index (Phi) is 4.11. The van der Waals surface area contributed by atoms with E-state index in [1.807, 2.05) is 5.38 Å². The van der Waals surface area contributed by atoms with Crippen molar-refractivity contribution < 1.29 is 14.3 Å². The predicted octanol–water partition coefficient (Wildman–Crippen LogP) is 2.33. The van der Waals surface area contributed by atoms with Crippen LogP contribution >= 0.6 is 11.3 Å². The zero-order valence-electron chi connectivity index (χ0n) is 9.92. The van der Waals surface area contributed by atoms with Crippen LogP contribution in [0.15, 0.2) is 28.1 Å². The Balaban J connectivity index is 1.79. The molecule has 0 fully saturated rings. The molecule has 2 heterocycles. The number of thiazole rings is 1. The first-order valence-electron chi connectivity index (χ1n) is 5.59. The van der Waals surface area contributed by atoms with Gasteiger partial charge in [0.1, 0.15) is 5.76 Å². The highest BCUT2D eigenvalue weighted by Crippen LogP contribution is 2.16. The zero-order valence-corrected chi connectivity index (χ0v) is 10.7. The second-order valence-electron chi connectivity index (χ2n) is 3.97. The maximum Gasteiger partial charge on any atom is 0.371 e. The number of aromatic carboxylic acids is 1. The molecule has 6 heteroatoms. The van der Waals surface area contributed by atoms with Gasteiger partial charge in [0.2, 0.25) is 5.76 Å². The number of aromatic nitrogens is 1. The molecule has 0 bridgehead atoms. The van der Waals surface area contributed by atoms with Crippen LogP contribution in [0, 0.1) is 0 Å². The lowest BCUT2D eigenvalue weighted by molar-refractivity contribution is 0.0660.